The van der Waals surface area contributed by atoms with Crippen LogP contribution in [-0.2, 0) is 14.8 Å². The predicted molar refractivity (Wildman–Crippen MR) is 105 cm³/mol. The first kappa shape index (κ1) is 19.3. The van der Waals surface area contributed by atoms with Crippen molar-refractivity contribution in [3.05, 3.63) is 47.8 Å². The van der Waals surface area contributed by atoms with E-state index in [1.165, 1.54) is 11.3 Å². The van der Waals surface area contributed by atoms with Gasteiger partial charge in [0.25, 0.3) is 0 Å². The van der Waals surface area contributed by atoms with Crippen molar-refractivity contribution >= 4 is 27.0 Å². The highest BCUT2D eigenvalue weighted by Gasteiger charge is 2.23. The van der Waals surface area contributed by atoms with E-state index in [2.05, 4.69) is 22.3 Å². The lowest BCUT2D eigenvalue weighted by Crippen LogP contribution is -2.51. The van der Waals surface area contributed by atoms with Crippen LogP contribution in [0.3, 0.4) is 0 Å². The van der Waals surface area contributed by atoms with E-state index < -0.39 is 10.0 Å². The number of nitrogens with one attached hydrogen (secondary N) is 3. The number of para-hydroxylation sites is 1. The van der Waals surface area contributed by atoms with Crippen molar-refractivity contribution in [2.45, 2.75) is 35.7 Å². The molecule has 2 heterocycles. The number of hydrogen-bond donors (Lipinski definition) is 3. The van der Waals surface area contributed by atoms with E-state index in [0.717, 1.165) is 25.3 Å². The Morgan fingerprint density at radius 3 is 2.58 bits per heavy atom. The molecular weight excluding hydrogens is 370 g/mol. The Morgan fingerprint density at radius 1 is 1.19 bits per heavy atom. The van der Waals surface area contributed by atoms with Crippen molar-refractivity contribution < 1.29 is 13.2 Å². The van der Waals surface area contributed by atoms with Crippen LogP contribution in [0.5, 0.6) is 0 Å². The molecule has 1 saturated heterocycles. The van der Waals surface area contributed by atoms with Gasteiger partial charge in [0.2, 0.25) is 10.0 Å². The summed E-state index contributed by atoms with van der Waals surface area (Å²) in [4.78, 5) is 0. The Balaban J connectivity index is 1.61. The molecule has 2 aromatic rings. The van der Waals surface area contributed by atoms with Crippen LogP contribution in [0, 0.1) is 0 Å². The second-order valence-corrected chi connectivity index (χ2v) is 9.47. The largest absolute Gasteiger partial charge is 0.381 e. The van der Waals surface area contributed by atoms with Crippen molar-refractivity contribution in [2.24, 2.45) is 0 Å². The maximum Gasteiger partial charge on any atom is 0.250 e. The van der Waals surface area contributed by atoms with Crippen molar-refractivity contribution in [1.82, 2.24) is 10.0 Å². The van der Waals surface area contributed by atoms with Crippen molar-refractivity contribution in [3.8, 4) is 0 Å². The zero-order valence-corrected chi connectivity index (χ0v) is 16.4. The molecule has 142 valence electrons. The molecule has 3 N–H and O–H groups in total. The molecule has 26 heavy (non-hydrogen) atoms. The molecule has 0 saturated carbocycles. The molecule has 1 aromatic heterocycles. The minimum atomic E-state index is -3.47. The summed E-state index contributed by atoms with van der Waals surface area (Å²) < 4.78 is 33.1. The fourth-order valence-electron chi connectivity index (χ4n) is 2.89. The molecule has 0 amide bonds. The van der Waals surface area contributed by atoms with Crippen LogP contribution in [0.2, 0.25) is 0 Å². The molecule has 3 rings (SSSR count). The van der Waals surface area contributed by atoms with Crippen LogP contribution in [0.25, 0.3) is 0 Å². The van der Waals surface area contributed by atoms with Crippen molar-refractivity contribution in [3.63, 3.8) is 0 Å². The van der Waals surface area contributed by atoms with Gasteiger partial charge in [-0.15, -0.1) is 11.3 Å². The molecule has 0 aliphatic carbocycles. The third kappa shape index (κ3) is 5.52. The summed E-state index contributed by atoms with van der Waals surface area (Å²) in [5, 5.41) is 8.72. The number of thiophene rings is 1. The second-order valence-electron chi connectivity index (χ2n) is 6.53. The standard InChI is InChI=1S/C18H25N3O3S2/c1-14(20-17-12-24-13-17)10-16(21-15-6-3-2-4-7-15)11-19-26(22,23)18-8-5-9-25-18/h2-9,14,16-17,19-21H,10-13H2,1H3. The quantitative estimate of drug-likeness (QED) is 0.575. The van der Waals surface area contributed by atoms with E-state index in [4.69, 9.17) is 4.74 Å². The van der Waals surface area contributed by atoms with Crippen molar-refractivity contribution in [2.75, 3.05) is 25.1 Å². The van der Waals surface area contributed by atoms with Crippen molar-refractivity contribution in [1.29, 1.82) is 0 Å². The van der Waals surface area contributed by atoms with E-state index in [1.54, 1.807) is 17.5 Å². The molecule has 2 unspecified atom stereocenters. The lowest BCUT2D eigenvalue weighted by atomic mass is 10.1. The normalized spacial score (nSPS) is 17.4. The number of ether oxygens (including phenoxy) is 1. The van der Waals surface area contributed by atoms with Gasteiger partial charge in [-0.3, -0.25) is 0 Å². The summed E-state index contributed by atoms with van der Waals surface area (Å²) in [6.07, 6.45) is 0.790. The Labute approximate surface area is 159 Å². The molecular formula is C18H25N3O3S2. The number of hydrogen-bond acceptors (Lipinski definition) is 6. The maximum absolute atomic E-state index is 12.4. The van der Waals surface area contributed by atoms with Crippen LogP contribution in [-0.4, -0.2) is 46.3 Å². The van der Waals surface area contributed by atoms with Gasteiger partial charge in [0.05, 0.1) is 19.3 Å². The molecule has 0 bridgehead atoms. The third-order valence-electron chi connectivity index (χ3n) is 4.22. The van der Waals surface area contributed by atoms with Crippen LogP contribution in [0.15, 0.2) is 52.1 Å². The maximum atomic E-state index is 12.4. The van der Waals surface area contributed by atoms with Gasteiger partial charge in [0.1, 0.15) is 4.21 Å². The highest BCUT2D eigenvalue weighted by molar-refractivity contribution is 7.91. The highest BCUT2D eigenvalue weighted by Crippen LogP contribution is 2.16. The van der Waals surface area contributed by atoms with E-state index in [0.29, 0.717) is 16.8 Å². The van der Waals surface area contributed by atoms with Gasteiger partial charge < -0.3 is 15.4 Å². The van der Waals surface area contributed by atoms with Gasteiger partial charge in [-0.25, -0.2) is 13.1 Å². The summed E-state index contributed by atoms with van der Waals surface area (Å²) in [5.74, 6) is 0. The van der Waals surface area contributed by atoms with Gasteiger partial charge >= 0.3 is 0 Å². The van der Waals surface area contributed by atoms with Crippen LogP contribution in [0.1, 0.15) is 13.3 Å². The molecule has 0 spiro atoms. The number of sulfonamides is 1. The minimum absolute atomic E-state index is 0.0318. The molecule has 2 atom stereocenters. The fourth-order valence-corrected chi connectivity index (χ4v) is 5.01. The molecule has 1 aliphatic heterocycles. The van der Waals surface area contributed by atoms with Gasteiger partial charge in [-0.1, -0.05) is 24.3 Å². The summed E-state index contributed by atoms with van der Waals surface area (Å²) >= 11 is 1.22. The SMILES string of the molecule is CC(CC(CNS(=O)(=O)c1cccs1)Nc1ccccc1)NC1COC1. The molecule has 1 aliphatic rings. The summed E-state index contributed by atoms with van der Waals surface area (Å²) in [6, 6.07) is 13.8. The first-order valence-corrected chi connectivity index (χ1v) is 11.1. The van der Waals surface area contributed by atoms with Crippen LogP contribution >= 0.6 is 11.3 Å². The van der Waals surface area contributed by atoms with Gasteiger partial charge in [0, 0.05) is 24.3 Å². The van der Waals surface area contributed by atoms with E-state index in [9.17, 15) is 8.42 Å². The Bertz CT molecular complexity index is 762. The summed E-state index contributed by atoms with van der Waals surface area (Å²) in [7, 11) is -3.47. The minimum Gasteiger partial charge on any atom is -0.381 e. The zero-order chi connectivity index (χ0) is 18.4. The van der Waals surface area contributed by atoms with Gasteiger partial charge in [-0.2, -0.15) is 0 Å². The number of rotatable bonds is 10. The fraction of sp³-hybridized carbons (Fsp3) is 0.444. The molecule has 8 heteroatoms. The summed E-state index contributed by atoms with van der Waals surface area (Å²) in [5.41, 5.74) is 0.979. The van der Waals surface area contributed by atoms with Gasteiger partial charge in [-0.05, 0) is 36.9 Å². The molecule has 0 radical (unpaired) electrons. The Hall–Kier alpha value is -1.45. The summed E-state index contributed by atoms with van der Waals surface area (Å²) in [6.45, 7) is 3.92. The Kier molecular flexibility index (Phi) is 6.66. The van der Waals surface area contributed by atoms with Gasteiger partial charge in [0.15, 0.2) is 0 Å². The average Bonchev–Trinajstić information content (AvgIpc) is 3.13. The molecule has 6 nitrogen and oxygen atoms in total. The lowest BCUT2D eigenvalue weighted by molar-refractivity contribution is -0.00965. The predicted octanol–water partition coefficient (Wildman–Crippen LogP) is 2.27. The smallest absolute Gasteiger partial charge is 0.250 e. The van der Waals surface area contributed by atoms with E-state index in [1.807, 2.05) is 30.3 Å². The lowest BCUT2D eigenvalue weighted by Gasteiger charge is -2.32. The molecule has 1 aromatic carbocycles. The number of anilines is 1. The topological polar surface area (TPSA) is 79.5 Å². The first-order chi connectivity index (χ1) is 12.5. The van der Waals surface area contributed by atoms with Crippen LogP contribution in [0.4, 0.5) is 5.69 Å². The van der Waals surface area contributed by atoms with Crippen LogP contribution < -0.4 is 15.4 Å². The third-order valence-corrected chi connectivity index (χ3v) is 7.04. The second kappa shape index (κ2) is 8.96. The molecule has 1 fully saturated rings. The Morgan fingerprint density at radius 2 is 1.96 bits per heavy atom. The highest BCUT2D eigenvalue weighted by atomic mass is 32.2. The average molecular weight is 396 g/mol. The van der Waals surface area contributed by atoms with E-state index in [-0.39, 0.29) is 12.1 Å². The number of benzene rings is 1. The zero-order valence-electron chi connectivity index (χ0n) is 14.7. The first-order valence-electron chi connectivity index (χ1n) is 8.71. The van der Waals surface area contributed by atoms with E-state index >= 15 is 0 Å². The monoisotopic (exact) mass is 395 g/mol.